The second-order valence-corrected chi connectivity index (χ2v) is 5.72. The normalized spacial score (nSPS) is 21.8. The van der Waals surface area contributed by atoms with Crippen molar-refractivity contribution in [1.82, 2.24) is 4.98 Å². The molecule has 0 aliphatic heterocycles. The van der Waals surface area contributed by atoms with E-state index < -0.39 is 11.7 Å². The van der Waals surface area contributed by atoms with Crippen LogP contribution in [0.15, 0.2) is 12.1 Å². The van der Waals surface area contributed by atoms with Crippen LogP contribution in [0.4, 0.5) is 19.0 Å². The third-order valence-electron chi connectivity index (χ3n) is 3.37. The molecule has 0 radical (unpaired) electrons. The summed E-state index contributed by atoms with van der Waals surface area (Å²) in [5, 5.41) is 2.77. The number of halogens is 4. The molecule has 0 spiro atoms. The lowest BCUT2D eigenvalue weighted by molar-refractivity contribution is -0.137. The van der Waals surface area contributed by atoms with Gasteiger partial charge in [0, 0.05) is 6.54 Å². The topological polar surface area (TPSA) is 24.9 Å². The molecule has 1 N–H and O–H groups in total. The van der Waals surface area contributed by atoms with Crippen LogP contribution in [0.1, 0.15) is 25.8 Å². The molecule has 1 saturated carbocycles. The second-order valence-electron chi connectivity index (χ2n) is 5.33. The van der Waals surface area contributed by atoms with Crippen molar-refractivity contribution in [3.05, 3.63) is 22.8 Å². The molecule has 1 aromatic heterocycles. The Balaban J connectivity index is 2.07. The Morgan fingerprint density at radius 2 is 2.06 bits per heavy atom. The van der Waals surface area contributed by atoms with E-state index in [0.717, 1.165) is 18.6 Å². The highest BCUT2D eigenvalue weighted by molar-refractivity contribution is 6.29. The van der Waals surface area contributed by atoms with Crippen LogP contribution in [-0.2, 0) is 6.18 Å². The maximum absolute atomic E-state index is 12.6. The minimum absolute atomic E-state index is 0.151. The molecule has 6 heteroatoms. The monoisotopic (exact) mass is 278 g/mol. The van der Waals surface area contributed by atoms with Crippen molar-refractivity contribution in [1.29, 1.82) is 0 Å². The highest BCUT2D eigenvalue weighted by atomic mass is 35.5. The van der Waals surface area contributed by atoms with E-state index in [0.29, 0.717) is 12.5 Å². The zero-order valence-corrected chi connectivity index (χ0v) is 10.9. The minimum atomic E-state index is -4.40. The van der Waals surface area contributed by atoms with Crippen molar-refractivity contribution < 1.29 is 13.2 Å². The number of nitrogens with zero attached hydrogens (tertiary/aromatic N) is 1. The summed E-state index contributed by atoms with van der Waals surface area (Å²) in [5.74, 6) is 0.658. The standard InChI is InChI=1S/C12H14ClF3N2/c1-11(2)5-8(11)6-17-10-4-7(12(14,15)16)3-9(13)18-10/h3-4,8H,5-6H2,1-2H3,(H,17,18). The van der Waals surface area contributed by atoms with E-state index >= 15 is 0 Å². The van der Waals surface area contributed by atoms with Crippen LogP contribution in [0, 0.1) is 11.3 Å². The summed E-state index contributed by atoms with van der Waals surface area (Å²) in [6.07, 6.45) is -3.32. The summed E-state index contributed by atoms with van der Waals surface area (Å²) in [4.78, 5) is 3.85. The minimum Gasteiger partial charge on any atom is -0.370 e. The first kappa shape index (κ1) is 13.5. The number of anilines is 1. The summed E-state index contributed by atoms with van der Waals surface area (Å²) >= 11 is 5.59. The number of hydrogen-bond acceptors (Lipinski definition) is 2. The lowest BCUT2D eigenvalue weighted by Crippen LogP contribution is -2.11. The van der Waals surface area contributed by atoms with Crippen LogP contribution in [0.2, 0.25) is 5.15 Å². The van der Waals surface area contributed by atoms with Gasteiger partial charge in [0.1, 0.15) is 11.0 Å². The quantitative estimate of drug-likeness (QED) is 0.838. The fraction of sp³-hybridized carbons (Fsp3) is 0.583. The van der Waals surface area contributed by atoms with Crippen molar-refractivity contribution in [3.63, 3.8) is 0 Å². The molecular weight excluding hydrogens is 265 g/mol. The molecule has 1 unspecified atom stereocenters. The van der Waals surface area contributed by atoms with Crippen molar-refractivity contribution in [3.8, 4) is 0 Å². The van der Waals surface area contributed by atoms with E-state index in [4.69, 9.17) is 11.6 Å². The van der Waals surface area contributed by atoms with Gasteiger partial charge < -0.3 is 5.32 Å². The SMILES string of the molecule is CC1(C)CC1CNc1cc(C(F)(F)F)cc(Cl)n1. The Bertz CT molecular complexity index is 457. The van der Waals surface area contributed by atoms with Crippen molar-refractivity contribution in [2.24, 2.45) is 11.3 Å². The van der Waals surface area contributed by atoms with Gasteiger partial charge in [-0.25, -0.2) is 4.98 Å². The molecule has 1 heterocycles. The summed E-state index contributed by atoms with van der Waals surface area (Å²) in [6.45, 7) is 4.88. The number of hydrogen-bond donors (Lipinski definition) is 1. The molecule has 1 atom stereocenters. The fourth-order valence-electron chi connectivity index (χ4n) is 1.90. The molecule has 0 bridgehead atoms. The van der Waals surface area contributed by atoms with E-state index in [2.05, 4.69) is 24.1 Å². The van der Waals surface area contributed by atoms with Gasteiger partial charge in [-0.1, -0.05) is 25.4 Å². The highest BCUT2D eigenvalue weighted by Gasteiger charge is 2.45. The second kappa shape index (κ2) is 4.30. The fourth-order valence-corrected chi connectivity index (χ4v) is 2.11. The number of alkyl halides is 3. The van der Waals surface area contributed by atoms with Gasteiger partial charge in [-0.2, -0.15) is 13.2 Å². The van der Waals surface area contributed by atoms with Gasteiger partial charge in [0.2, 0.25) is 0 Å². The van der Waals surface area contributed by atoms with E-state index in [1.54, 1.807) is 0 Å². The first-order valence-electron chi connectivity index (χ1n) is 5.67. The van der Waals surface area contributed by atoms with E-state index in [1.165, 1.54) is 0 Å². The van der Waals surface area contributed by atoms with E-state index in [1.807, 2.05) is 0 Å². The molecule has 1 aromatic rings. The molecule has 1 aliphatic rings. The molecule has 2 nitrogen and oxygen atoms in total. The summed E-state index contributed by atoms with van der Waals surface area (Å²) < 4.78 is 37.7. The van der Waals surface area contributed by atoms with Crippen molar-refractivity contribution >= 4 is 17.4 Å². The van der Waals surface area contributed by atoms with Crippen LogP contribution < -0.4 is 5.32 Å². The lowest BCUT2D eigenvalue weighted by Gasteiger charge is -2.11. The van der Waals surface area contributed by atoms with Gasteiger partial charge in [-0.05, 0) is 29.9 Å². The smallest absolute Gasteiger partial charge is 0.370 e. The first-order valence-corrected chi connectivity index (χ1v) is 6.05. The highest BCUT2D eigenvalue weighted by Crippen LogP contribution is 2.51. The molecule has 1 aliphatic carbocycles. The molecule has 0 saturated heterocycles. The van der Waals surface area contributed by atoms with Crippen molar-refractivity contribution in [2.75, 3.05) is 11.9 Å². The predicted molar refractivity (Wildman–Crippen MR) is 64.6 cm³/mol. The Hall–Kier alpha value is -0.970. The predicted octanol–water partition coefficient (Wildman–Crippen LogP) is 4.21. The van der Waals surface area contributed by atoms with Gasteiger partial charge in [0.15, 0.2) is 0 Å². The maximum atomic E-state index is 12.6. The average molecular weight is 279 g/mol. The number of aromatic nitrogens is 1. The molecule has 0 amide bonds. The number of pyridine rings is 1. The zero-order valence-electron chi connectivity index (χ0n) is 10.1. The summed E-state index contributed by atoms with van der Waals surface area (Å²) in [5.41, 5.74) is -0.502. The first-order chi connectivity index (χ1) is 8.18. The van der Waals surface area contributed by atoms with Gasteiger partial charge in [0.05, 0.1) is 5.56 Å². The van der Waals surface area contributed by atoms with E-state index in [9.17, 15) is 13.2 Å². The van der Waals surface area contributed by atoms with Crippen molar-refractivity contribution in [2.45, 2.75) is 26.4 Å². The Labute approximate surface area is 109 Å². The Morgan fingerprint density at radius 3 is 2.56 bits per heavy atom. The third-order valence-corrected chi connectivity index (χ3v) is 3.56. The lowest BCUT2D eigenvalue weighted by atomic mass is 10.1. The van der Waals surface area contributed by atoms with Crippen LogP contribution >= 0.6 is 11.6 Å². The number of rotatable bonds is 3. The number of nitrogens with one attached hydrogen (secondary N) is 1. The van der Waals surface area contributed by atoms with Gasteiger partial charge >= 0.3 is 6.18 Å². The molecule has 18 heavy (non-hydrogen) atoms. The Morgan fingerprint density at radius 1 is 1.44 bits per heavy atom. The third kappa shape index (κ3) is 3.07. The van der Waals surface area contributed by atoms with E-state index in [-0.39, 0.29) is 16.4 Å². The molecule has 0 aromatic carbocycles. The van der Waals surface area contributed by atoms with Crippen LogP contribution in [0.25, 0.3) is 0 Å². The molecular formula is C12H14ClF3N2. The molecule has 2 rings (SSSR count). The van der Waals surface area contributed by atoms with Gasteiger partial charge in [0.25, 0.3) is 0 Å². The molecule has 100 valence electrons. The molecule has 1 fully saturated rings. The largest absolute Gasteiger partial charge is 0.416 e. The summed E-state index contributed by atoms with van der Waals surface area (Å²) in [6, 6.07) is 1.81. The Kier molecular flexibility index (Phi) is 3.21. The maximum Gasteiger partial charge on any atom is 0.416 e. The van der Waals surface area contributed by atoms with Gasteiger partial charge in [-0.3, -0.25) is 0 Å². The van der Waals surface area contributed by atoms with Gasteiger partial charge in [-0.15, -0.1) is 0 Å². The zero-order chi connectivity index (χ0) is 13.6. The van der Waals surface area contributed by atoms with Crippen LogP contribution in [-0.4, -0.2) is 11.5 Å². The van der Waals surface area contributed by atoms with Crippen LogP contribution in [0.5, 0.6) is 0 Å². The average Bonchev–Trinajstić information content (AvgIpc) is 2.81. The summed E-state index contributed by atoms with van der Waals surface area (Å²) in [7, 11) is 0. The van der Waals surface area contributed by atoms with Crippen LogP contribution in [0.3, 0.4) is 0 Å².